The minimum absolute atomic E-state index is 0.141. The number of hydrogen-bond acceptors (Lipinski definition) is 2. The fourth-order valence-electron chi connectivity index (χ4n) is 0.805. The van der Waals surface area contributed by atoms with Crippen molar-refractivity contribution in [2.45, 2.75) is 26.3 Å². The summed E-state index contributed by atoms with van der Waals surface area (Å²) >= 11 is 12.6. The second-order valence-electron chi connectivity index (χ2n) is 2.57. The number of hydrogen-bond donors (Lipinski definition) is 0. The van der Waals surface area contributed by atoms with Gasteiger partial charge in [0, 0.05) is 6.04 Å². The van der Waals surface area contributed by atoms with Crippen molar-refractivity contribution in [2.75, 3.05) is 0 Å². The molecule has 1 rings (SSSR count). The van der Waals surface area contributed by atoms with Gasteiger partial charge in [0.25, 0.3) is 5.56 Å². The third kappa shape index (κ3) is 1.68. The third-order valence-corrected chi connectivity index (χ3v) is 3.77. The van der Waals surface area contributed by atoms with E-state index in [2.05, 4.69) is 0 Å². The molecule has 1 aromatic rings. The summed E-state index contributed by atoms with van der Waals surface area (Å²) in [7, 11) is 0. The molecule has 0 aliphatic heterocycles. The van der Waals surface area contributed by atoms with Gasteiger partial charge in [-0.15, -0.1) is 0 Å². The summed E-state index contributed by atoms with van der Waals surface area (Å²) in [6.07, 6.45) is 0.896. The Morgan fingerprint density at radius 2 is 2.17 bits per heavy atom. The van der Waals surface area contributed by atoms with E-state index in [0.717, 1.165) is 6.42 Å². The third-order valence-electron chi connectivity index (χ3n) is 1.73. The highest BCUT2D eigenvalue weighted by Gasteiger charge is 2.14. The normalized spacial score (nSPS) is 13.3. The summed E-state index contributed by atoms with van der Waals surface area (Å²) in [5.74, 6) is 0. The number of aromatic nitrogens is 1. The first-order valence-electron chi connectivity index (χ1n) is 3.64. The molecular weight excluding hydrogens is 217 g/mol. The SMILES string of the molecule is CCC(C)n1sc(Cl)c(Cl)c1=O. The van der Waals surface area contributed by atoms with Crippen LogP contribution in [-0.4, -0.2) is 3.96 Å². The van der Waals surface area contributed by atoms with E-state index in [1.807, 2.05) is 13.8 Å². The highest BCUT2D eigenvalue weighted by Crippen LogP contribution is 2.26. The molecule has 0 saturated carbocycles. The van der Waals surface area contributed by atoms with Gasteiger partial charge in [-0.2, -0.15) is 0 Å². The van der Waals surface area contributed by atoms with Crippen LogP contribution in [0.4, 0.5) is 0 Å². The molecule has 1 atom stereocenters. The first-order chi connectivity index (χ1) is 5.57. The van der Waals surface area contributed by atoms with Gasteiger partial charge in [-0.1, -0.05) is 30.1 Å². The lowest BCUT2D eigenvalue weighted by Gasteiger charge is -2.06. The van der Waals surface area contributed by atoms with E-state index in [4.69, 9.17) is 23.2 Å². The molecule has 0 bridgehead atoms. The van der Waals surface area contributed by atoms with Gasteiger partial charge >= 0.3 is 0 Å². The van der Waals surface area contributed by atoms with Crippen LogP contribution >= 0.6 is 34.7 Å². The number of nitrogens with zero attached hydrogens (tertiary/aromatic N) is 1. The van der Waals surface area contributed by atoms with Gasteiger partial charge in [0.2, 0.25) is 0 Å². The van der Waals surface area contributed by atoms with E-state index >= 15 is 0 Å². The molecular formula is C7H9Cl2NOS. The molecule has 0 aliphatic carbocycles. The minimum Gasteiger partial charge on any atom is -0.267 e. The average molecular weight is 226 g/mol. The fourth-order valence-corrected chi connectivity index (χ4v) is 2.20. The first-order valence-corrected chi connectivity index (χ1v) is 5.17. The van der Waals surface area contributed by atoms with Crippen molar-refractivity contribution in [1.29, 1.82) is 0 Å². The van der Waals surface area contributed by atoms with Crippen LogP contribution < -0.4 is 5.56 Å². The summed E-state index contributed by atoms with van der Waals surface area (Å²) in [4.78, 5) is 11.3. The lowest BCUT2D eigenvalue weighted by atomic mass is 10.3. The standard InChI is InChI=1S/C7H9Cl2NOS/c1-3-4(2)10-7(11)5(8)6(9)12-10/h4H,3H2,1-2H3. The van der Waals surface area contributed by atoms with Crippen LogP contribution in [0.15, 0.2) is 4.79 Å². The average Bonchev–Trinajstić information content (AvgIpc) is 2.32. The predicted molar refractivity (Wildman–Crippen MR) is 53.6 cm³/mol. The van der Waals surface area contributed by atoms with Crippen LogP contribution in [0, 0.1) is 0 Å². The Balaban J connectivity index is 3.18. The lowest BCUT2D eigenvalue weighted by Crippen LogP contribution is -2.16. The van der Waals surface area contributed by atoms with Gasteiger partial charge in [0.05, 0.1) is 0 Å². The van der Waals surface area contributed by atoms with Gasteiger partial charge in [-0.05, 0) is 24.9 Å². The molecule has 0 fully saturated rings. The molecule has 5 heteroatoms. The van der Waals surface area contributed by atoms with Crippen LogP contribution in [0.5, 0.6) is 0 Å². The Bertz CT molecular complexity index is 331. The smallest absolute Gasteiger partial charge is 0.267 e. The number of halogens is 2. The second-order valence-corrected chi connectivity index (χ2v) is 4.53. The van der Waals surface area contributed by atoms with E-state index in [1.165, 1.54) is 11.5 Å². The van der Waals surface area contributed by atoms with E-state index in [9.17, 15) is 4.79 Å². The van der Waals surface area contributed by atoms with E-state index < -0.39 is 0 Å². The molecule has 2 nitrogen and oxygen atoms in total. The zero-order valence-electron chi connectivity index (χ0n) is 6.80. The molecule has 0 spiro atoms. The zero-order chi connectivity index (χ0) is 9.30. The molecule has 0 amide bonds. The van der Waals surface area contributed by atoms with Crippen LogP contribution in [0.1, 0.15) is 26.3 Å². The van der Waals surface area contributed by atoms with Crippen molar-refractivity contribution in [2.24, 2.45) is 0 Å². The molecule has 0 radical (unpaired) electrons. The molecule has 0 aliphatic rings. The van der Waals surface area contributed by atoms with Crippen molar-refractivity contribution < 1.29 is 0 Å². The molecule has 0 N–H and O–H groups in total. The van der Waals surface area contributed by atoms with Gasteiger partial charge in [-0.25, -0.2) is 0 Å². The van der Waals surface area contributed by atoms with Crippen molar-refractivity contribution in [3.63, 3.8) is 0 Å². The molecule has 1 aromatic heterocycles. The maximum absolute atomic E-state index is 11.3. The molecule has 68 valence electrons. The first kappa shape index (κ1) is 10.1. The maximum atomic E-state index is 11.3. The number of rotatable bonds is 2. The summed E-state index contributed by atoms with van der Waals surface area (Å²) < 4.78 is 1.98. The predicted octanol–water partition coefficient (Wildman–Crippen LogP) is 3.19. The van der Waals surface area contributed by atoms with Gasteiger partial charge in [0.1, 0.15) is 9.36 Å². The summed E-state index contributed by atoms with van der Waals surface area (Å²) in [5, 5.41) is 0.141. The molecule has 1 unspecified atom stereocenters. The Morgan fingerprint density at radius 3 is 2.50 bits per heavy atom. The largest absolute Gasteiger partial charge is 0.281 e. The maximum Gasteiger partial charge on any atom is 0.281 e. The Kier molecular flexibility index (Phi) is 3.21. The molecule has 1 heterocycles. The Labute approximate surface area is 84.9 Å². The van der Waals surface area contributed by atoms with E-state index in [-0.39, 0.29) is 16.6 Å². The van der Waals surface area contributed by atoms with Gasteiger partial charge in [-0.3, -0.25) is 8.75 Å². The Hall–Kier alpha value is 0.01000. The minimum atomic E-state index is -0.180. The molecule has 0 aromatic carbocycles. The summed E-state index contributed by atoms with van der Waals surface area (Å²) in [5.41, 5.74) is -0.180. The second kappa shape index (κ2) is 3.81. The quantitative estimate of drug-likeness (QED) is 0.758. The fraction of sp³-hybridized carbons (Fsp3) is 0.571. The van der Waals surface area contributed by atoms with Crippen molar-refractivity contribution in [3.05, 3.63) is 19.7 Å². The summed E-state index contributed by atoms with van der Waals surface area (Å²) in [6, 6.07) is 0.174. The van der Waals surface area contributed by atoms with Gasteiger partial charge in [0.15, 0.2) is 0 Å². The monoisotopic (exact) mass is 225 g/mol. The van der Waals surface area contributed by atoms with Crippen LogP contribution in [-0.2, 0) is 0 Å². The van der Waals surface area contributed by atoms with Crippen LogP contribution in [0.25, 0.3) is 0 Å². The Morgan fingerprint density at radius 1 is 1.58 bits per heavy atom. The highest BCUT2D eigenvalue weighted by atomic mass is 35.5. The van der Waals surface area contributed by atoms with Crippen LogP contribution in [0.2, 0.25) is 9.36 Å². The molecule has 0 saturated heterocycles. The van der Waals surface area contributed by atoms with Crippen molar-refractivity contribution >= 4 is 34.7 Å². The van der Waals surface area contributed by atoms with Crippen molar-refractivity contribution in [3.8, 4) is 0 Å². The summed E-state index contributed by atoms with van der Waals surface area (Å²) in [6.45, 7) is 3.98. The van der Waals surface area contributed by atoms with Gasteiger partial charge < -0.3 is 0 Å². The lowest BCUT2D eigenvalue weighted by molar-refractivity contribution is 0.557. The zero-order valence-corrected chi connectivity index (χ0v) is 9.13. The topological polar surface area (TPSA) is 22.0 Å². The van der Waals surface area contributed by atoms with E-state index in [1.54, 1.807) is 3.96 Å². The molecule has 12 heavy (non-hydrogen) atoms. The van der Waals surface area contributed by atoms with E-state index in [0.29, 0.717) is 4.34 Å². The highest BCUT2D eigenvalue weighted by molar-refractivity contribution is 7.11. The van der Waals surface area contributed by atoms with Crippen molar-refractivity contribution in [1.82, 2.24) is 3.96 Å². The van der Waals surface area contributed by atoms with Crippen LogP contribution in [0.3, 0.4) is 0 Å².